The van der Waals surface area contributed by atoms with Crippen LogP contribution in [0.3, 0.4) is 0 Å². The van der Waals surface area contributed by atoms with E-state index in [-0.39, 0.29) is 12.2 Å². The smallest absolute Gasteiger partial charge is 0.0991 e. The van der Waals surface area contributed by atoms with Crippen molar-refractivity contribution in [3.05, 3.63) is 0 Å². The molecule has 0 aromatic heterocycles. The van der Waals surface area contributed by atoms with Crippen LogP contribution in [0.5, 0.6) is 0 Å². The molecule has 6 heteroatoms. The van der Waals surface area contributed by atoms with E-state index in [2.05, 4.69) is 5.32 Å². The van der Waals surface area contributed by atoms with Crippen molar-refractivity contribution in [2.45, 2.75) is 24.7 Å². The zero-order valence-corrected chi connectivity index (χ0v) is 12.2. The summed E-state index contributed by atoms with van der Waals surface area (Å²) in [7, 11) is 5.28. The van der Waals surface area contributed by atoms with Crippen LogP contribution in [0.15, 0.2) is 0 Å². The van der Waals surface area contributed by atoms with Crippen molar-refractivity contribution in [3.63, 3.8) is 0 Å². The lowest BCUT2D eigenvalue weighted by Gasteiger charge is -2.43. The summed E-state index contributed by atoms with van der Waals surface area (Å²) in [5.41, 5.74) is 0. The van der Waals surface area contributed by atoms with Crippen LogP contribution in [0.4, 0.5) is 0 Å². The molecule has 0 radical (unpaired) electrons. The Kier molecular flexibility index (Phi) is 9.32. The van der Waals surface area contributed by atoms with Gasteiger partial charge in [0.1, 0.15) is 0 Å². The quantitative estimate of drug-likeness (QED) is 0.509. The monoisotopic (exact) mass is 277 g/mol. The van der Waals surface area contributed by atoms with Crippen molar-refractivity contribution < 1.29 is 23.7 Å². The van der Waals surface area contributed by atoms with E-state index in [4.69, 9.17) is 23.7 Å². The highest BCUT2D eigenvalue weighted by Crippen LogP contribution is 2.27. The van der Waals surface area contributed by atoms with Gasteiger partial charge in [0.2, 0.25) is 0 Å². The van der Waals surface area contributed by atoms with Crippen LogP contribution < -0.4 is 5.32 Å². The molecule has 0 aromatic carbocycles. The Hall–Kier alpha value is -0.240. The van der Waals surface area contributed by atoms with E-state index in [1.807, 2.05) is 7.05 Å². The van der Waals surface area contributed by atoms with Crippen LogP contribution >= 0.6 is 0 Å². The first-order valence-corrected chi connectivity index (χ1v) is 6.79. The first-order valence-electron chi connectivity index (χ1n) is 6.79. The fraction of sp³-hybridized carbons (Fsp3) is 1.00. The number of ether oxygens (including phenoxy) is 5. The molecule has 1 saturated carbocycles. The lowest BCUT2D eigenvalue weighted by atomic mass is 9.85. The van der Waals surface area contributed by atoms with Gasteiger partial charge in [0.15, 0.2) is 0 Å². The Bertz CT molecular complexity index is 217. The molecule has 19 heavy (non-hydrogen) atoms. The van der Waals surface area contributed by atoms with Gasteiger partial charge in [-0.1, -0.05) is 0 Å². The standard InChI is InChI=1S/C13H27NO5/c1-14-11-10-12(13(11)19-8-5-16-3)18-9-7-17-6-4-15-2/h11-14H,4-10H2,1-3H3. The van der Waals surface area contributed by atoms with Gasteiger partial charge in [-0.2, -0.15) is 0 Å². The Balaban J connectivity index is 2.07. The molecule has 0 aromatic rings. The predicted octanol–water partition coefficient (Wildman–Crippen LogP) is 0.0579. The highest BCUT2D eigenvalue weighted by atomic mass is 16.6. The number of likely N-dealkylation sites (N-methyl/N-ethyl adjacent to an activating group) is 1. The second kappa shape index (κ2) is 10.5. The van der Waals surface area contributed by atoms with Gasteiger partial charge in [0.05, 0.1) is 51.8 Å². The molecule has 0 amide bonds. The van der Waals surface area contributed by atoms with Gasteiger partial charge >= 0.3 is 0 Å². The number of hydrogen-bond donors (Lipinski definition) is 1. The van der Waals surface area contributed by atoms with Crippen LogP contribution in [0.2, 0.25) is 0 Å². The molecule has 6 nitrogen and oxygen atoms in total. The van der Waals surface area contributed by atoms with Crippen molar-refractivity contribution in [3.8, 4) is 0 Å². The van der Waals surface area contributed by atoms with Gasteiger partial charge < -0.3 is 29.0 Å². The van der Waals surface area contributed by atoms with Crippen molar-refractivity contribution in [1.29, 1.82) is 0 Å². The van der Waals surface area contributed by atoms with E-state index in [1.54, 1.807) is 14.2 Å². The maximum absolute atomic E-state index is 5.76. The molecule has 1 rings (SSSR count). The van der Waals surface area contributed by atoms with E-state index in [9.17, 15) is 0 Å². The summed E-state index contributed by atoms with van der Waals surface area (Å²) in [6.07, 6.45) is 1.24. The van der Waals surface area contributed by atoms with E-state index in [1.165, 1.54) is 0 Å². The maximum atomic E-state index is 5.76. The van der Waals surface area contributed by atoms with Crippen LogP contribution in [-0.2, 0) is 23.7 Å². The van der Waals surface area contributed by atoms with Gasteiger partial charge in [-0.05, 0) is 13.5 Å². The summed E-state index contributed by atoms with van der Waals surface area (Å²) >= 11 is 0. The van der Waals surface area contributed by atoms with Crippen molar-refractivity contribution in [1.82, 2.24) is 5.32 Å². The van der Waals surface area contributed by atoms with E-state index >= 15 is 0 Å². The van der Waals surface area contributed by atoms with Crippen molar-refractivity contribution >= 4 is 0 Å². The van der Waals surface area contributed by atoms with Crippen LogP contribution in [0, 0.1) is 0 Å². The zero-order valence-electron chi connectivity index (χ0n) is 12.2. The molecule has 1 fully saturated rings. The molecular weight excluding hydrogens is 250 g/mol. The van der Waals surface area contributed by atoms with E-state index in [0.717, 1.165) is 6.42 Å². The summed E-state index contributed by atoms with van der Waals surface area (Å²) in [6.45, 7) is 3.62. The minimum atomic E-state index is 0.110. The Labute approximate surface area is 115 Å². The molecule has 0 saturated heterocycles. The fourth-order valence-electron chi connectivity index (χ4n) is 2.02. The highest BCUT2D eigenvalue weighted by Gasteiger charge is 2.41. The average molecular weight is 277 g/mol. The third-order valence-corrected chi connectivity index (χ3v) is 3.21. The normalized spacial score (nSPS) is 26.4. The summed E-state index contributed by atoms with van der Waals surface area (Å²) in [4.78, 5) is 0. The molecule has 0 bridgehead atoms. The lowest BCUT2D eigenvalue weighted by Crippen LogP contribution is -2.59. The third-order valence-electron chi connectivity index (χ3n) is 3.21. The Morgan fingerprint density at radius 2 is 1.53 bits per heavy atom. The number of nitrogens with one attached hydrogen (secondary N) is 1. The van der Waals surface area contributed by atoms with Gasteiger partial charge in [0, 0.05) is 20.3 Å². The topological polar surface area (TPSA) is 58.2 Å². The van der Waals surface area contributed by atoms with Gasteiger partial charge in [-0.15, -0.1) is 0 Å². The van der Waals surface area contributed by atoms with Crippen molar-refractivity contribution in [2.75, 3.05) is 60.9 Å². The molecule has 114 valence electrons. The molecule has 1 aliphatic rings. The van der Waals surface area contributed by atoms with E-state index in [0.29, 0.717) is 45.7 Å². The van der Waals surface area contributed by atoms with Gasteiger partial charge in [0.25, 0.3) is 0 Å². The minimum absolute atomic E-state index is 0.110. The van der Waals surface area contributed by atoms with E-state index < -0.39 is 0 Å². The average Bonchev–Trinajstić information content (AvgIpc) is 2.41. The third kappa shape index (κ3) is 6.16. The fourth-order valence-corrected chi connectivity index (χ4v) is 2.02. The number of hydrogen-bond acceptors (Lipinski definition) is 6. The summed E-state index contributed by atoms with van der Waals surface area (Å²) in [5, 5.41) is 3.23. The molecule has 1 aliphatic carbocycles. The minimum Gasteiger partial charge on any atom is -0.382 e. The van der Waals surface area contributed by atoms with Crippen LogP contribution in [-0.4, -0.2) is 79.2 Å². The van der Waals surface area contributed by atoms with Gasteiger partial charge in [-0.25, -0.2) is 0 Å². The zero-order chi connectivity index (χ0) is 13.9. The van der Waals surface area contributed by atoms with Crippen molar-refractivity contribution in [2.24, 2.45) is 0 Å². The van der Waals surface area contributed by atoms with Crippen LogP contribution in [0.1, 0.15) is 6.42 Å². The molecule has 3 unspecified atom stereocenters. The summed E-state index contributed by atoms with van der Waals surface area (Å²) in [6, 6.07) is 0.372. The summed E-state index contributed by atoms with van der Waals surface area (Å²) < 4.78 is 26.8. The molecule has 0 heterocycles. The Morgan fingerprint density at radius 3 is 2.21 bits per heavy atom. The molecule has 3 atom stereocenters. The predicted molar refractivity (Wildman–Crippen MR) is 71.5 cm³/mol. The SMILES string of the molecule is CNC1CC(OCCOCCOC)C1OCCOC. The molecule has 0 aliphatic heterocycles. The van der Waals surface area contributed by atoms with Gasteiger partial charge in [-0.3, -0.25) is 0 Å². The first kappa shape index (κ1) is 16.8. The maximum Gasteiger partial charge on any atom is 0.0991 e. The summed E-state index contributed by atoms with van der Waals surface area (Å²) in [5.74, 6) is 0. The second-order valence-electron chi connectivity index (χ2n) is 4.47. The van der Waals surface area contributed by atoms with Crippen LogP contribution in [0.25, 0.3) is 0 Å². The Morgan fingerprint density at radius 1 is 0.895 bits per heavy atom. The second-order valence-corrected chi connectivity index (χ2v) is 4.47. The highest BCUT2D eigenvalue weighted by molar-refractivity contribution is 4.96. The molecule has 0 spiro atoms. The lowest BCUT2D eigenvalue weighted by molar-refractivity contribution is -0.156. The number of rotatable bonds is 12. The largest absolute Gasteiger partial charge is 0.382 e. The first-order chi connectivity index (χ1) is 9.33. The number of methoxy groups -OCH3 is 2. The molecule has 1 N–H and O–H groups in total. The molecular formula is C13H27NO5.